The van der Waals surface area contributed by atoms with Gasteiger partial charge in [0, 0.05) is 18.3 Å². The Hall–Kier alpha value is -3.45. The molecule has 152 valence electrons. The van der Waals surface area contributed by atoms with Crippen LogP contribution in [0, 0.1) is 13.8 Å². The van der Waals surface area contributed by atoms with E-state index < -0.39 is 0 Å². The lowest BCUT2D eigenvalue weighted by Crippen LogP contribution is -2.42. The molecule has 0 bridgehead atoms. The van der Waals surface area contributed by atoms with Gasteiger partial charge in [-0.25, -0.2) is 4.52 Å². The lowest BCUT2D eigenvalue weighted by atomic mass is 10.1. The van der Waals surface area contributed by atoms with Crippen LogP contribution in [-0.2, 0) is 4.74 Å². The van der Waals surface area contributed by atoms with E-state index >= 15 is 0 Å². The number of nitrogens with zero attached hydrogens (tertiary/aromatic N) is 4. The van der Waals surface area contributed by atoms with Gasteiger partial charge in [-0.05, 0) is 31.5 Å². The summed E-state index contributed by atoms with van der Waals surface area (Å²) in [6, 6.07) is 16.0. The van der Waals surface area contributed by atoms with Gasteiger partial charge in [0.15, 0.2) is 0 Å². The SMILES string of the molecule is Cc1cc(C(=O)N2CCO[C@@H](c3nnn4cc(-c5ccccc5)ccc34)C2)c(C)o1. The van der Waals surface area contributed by atoms with E-state index in [0.29, 0.717) is 31.0 Å². The van der Waals surface area contributed by atoms with Gasteiger partial charge in [-0.1, -0.05) is 41.6 Å². The first-order valence-corrected chi connectivity index (χ1v) is 9.98. The molecular formula is C23H22N4O3. The largest absolute Gasteiger partial charge is 0.466 e. The molecule has 0 saturated carbocycles. The van der Waals surface area contributed by atoms with Crippen LogP contribution < -0.4 is 0 Å². The third kappa shape index (κ3) is 3.27. The molecule has 5 rings (SSSR count). The smallest absolute Gasteiger partial charge is 0.257 e. The standard InChI is InChI=1S/C23H22N4O3/c1-15-12-19(16(2)30-15)23(28)26-10-11-29-21(14-26)22-20-9-8-18(13-27(20)25-24-22)17-6-4-3-5-7-17/h3-9,12-13,21H,10-11,14H2,1-2H3/t21-/m1/s1. The topological polar surface area (TPSA) is 72.9 Å². The normalized spacial score (nSPS) is 16.9. The van der Waals surface area contributed by atoms with Crippen molar-refractivity contribution in [1.82, 2.24) is 19.7 Å². The Balaban J connectivity index is 1.41. The minimum absolute atomic E-state index is 0.0412. The van der Waals surface area contributed by atoms with Crippen molar-refractivity contribution in [3.8, 4) is 11.1 Å². The molecule has 0 aliphatic carbocycles. The Kier molecular flexibility index (Phi) is 4.59. The first-order chi connectivity index (χ1) is 14.6. The van der Waals surface area contributed by atoms with Gasteiger partial charge in [-0.15, -0.1) is 5.10 Å². The number of aryl methyl sites for hydroxylation is 2. The van der Waals surface area contributed by atoms with E-state index in [4.69, 9.17) is 9.15 Å². The van der Waals surface area contributed by atoms with E-state index in [1.54, 1.807) is 15.5 Å². The molecule has 1 aliphatic heterocycles. The molecule has 3 aromatic heterocycles. The monoisotopic (exact) mass is 402 g/mol. The molecule has 0 radical (unpaired) electrons. The van der Waals surface area contributed by atoms with Crippen molar-refractivity contribution < 1.29 is 13.9 Å². The number of rotatable bonds is 3. The van der Waals surface area contributed by atoms with Crippen molar-refractivity contribution in [2.24, 2.45) is 0 Å². The zero-order valence-corrected chi connectivity index (χ0v) is 16.9. The van der Waals surface area contributed by atoms with Gasteiger partial charge < -0.3 is 14.1 Å². The summed E-state index contributed by atoms with van der Waals surface area (Å²) in [4.78, 5) is 14.8. The van der Waals surface area contributed by atoms with Crippen LogP contribution in [0.2, 0.25) is 0 Å². The molecule has 1 saturated heterocycles. The number of aromatic nitrogens is 3. The fourth-order valence-electron chi connectivity index (χ4n) is 3.96. The van der Waals surface area contributed by atoms with E-state index in [2.05, 4.69) is 28.5 Å². The summed E-state index contributed by atoms with van der Waals surface area (Å²) in [6.07, 6.45) is 1.64. The van der Waals surface area contributed by atoms with Crippen LogP contribution in [-0.4, -0.2) is 45.3 Å². The predicted octanol–water partition coefficient (Wildman–Crippen LogP) is 3.82. The van der Waals surface area contributed by atoms with E-state index in [1.807, 2.05) is 44.3 Å². The molecule has 0 spiro atoms. The average molecular weight is 402 g/mol. The van der Waals surface area contributed by atoms with E-state index in [0.717, 1.165) is 28.1 Å². The second-order valence-corrected chi connectivity index (χ2v) is 7.53. The lowest BCUT2D eigenvalue weighted by molar-refractivity contribution is -0.0241. The fraction of sp³-hybridized carbons (Fsp3) is 0.261. The zero-order valence-electron chi connectivity index (χ0n) is 16.9. The third-order valence-corrected chi connectivity index (χ3v) is 5.48. The summed E-state index contributed by atoms with van der Waals surface area (Å²) >= 11 is 0. The molecule has 0 N–H and O–H groups in total. The molecule has 4 heterocycles. The first kappa shape index (κ1) is 18.6. The minimum Gasteiger partial charge on any atom is -0.466 e. The summed E-state index contributed by atoms with van der Waals surface area (Å²) in [5.41, 5.74) is 4.41. The highest BCUT2D eigenvalue weighted by atomic mass is 16.5. The van der Waals surface area contributed by atoms with Gasteiger partial charge >= 0.3 is 0 Å². The van der Waals surface area contributed by atoms with Crippen molar-refractivity contribution in [1.29, 1.82) is 0 Å². The molecule has 0 unspecified atom stereocenters. The van der Waals surface area contributed by atoms with Crippen molar-refractivity contribution in [3.63, 3.8) is 0 Å². The van der Waals surface area contributed by atoms with E-state index in [-0.39, 0.29) is 12.0 Å². The molecule has 1 aliphatic rings. The maximum absolute atomic E-state index is 13.0. The van der Waals surface area contributed by atoms with Crippen molar-refractivity contribution in [2.45, 2.75) is 20.0 Å². The first-order valence-electron chi connectivity index (χ1n) is 9.98. The zero-order chi connectivity index (χ0) is 20.7. The van der Waals surface area contributed by atoms with Crippen LogP contribution in [0.3, 0.4) is 0 Å². The molecule has 4 aromatic rings. The van der Waals surface area contributed by atoms with Crippen LogP contribution in [0.5, 0.6) is 0 Å². The van der Waals surface area contributed by atoms with Gasteiger partial charge in [-0.3, -0.25) is 4.79 Å². The number of ether oxygens (including phenoxy) is 1. The number of amides is 1. The van der Waals surface area contributed by atoms with Gasteiger partial charge in [0.1, 0.15) is 23.3 Å². The van der Waals surface area contributed by atoms with Gasteiger partial charge in [0.25, 0.3) is 5.91 Å². The number of furan rings is 1. The van der Waals surface area contributed by atoms with Crippen LogP contribution in [0.15, 0.2) is 59.1 Å². The van der Waals surface area contributed by atoms with Crippen molar-refractivity contribution >= 4 is 11.4 Å². The Bertz CT molecular complexity index is 1210. The summed E-state index contributed by atoms with van der Waals surface area (Å²) in [7, 11) is 0. The number of morpholine rings is 1. The number of carbonyl (C=O) groups is 1. The second-order valence-electron chi connectivity index (χ2n) is 7.53. The minimum atomic E-state index is -0.323. The molecule has 1 fully saturated rings. The highest BCUT2D eigenvalue weighted by Gasteiger charge is 2.30. The van der Waals surface area contributed by atoms with Crippen LogP contribution >= 0.6 is 0 Å². The van der Waals surface area contributed by atoms with Crippen molar-refractivity contribution in [3.05, 3.63) is 77.5 Å². The summed E-state index contributed by atoms with van der Waals surface area (Å²) in [6.45, 7) is 5.08. The number of hydrogen-bond acceptors (Lipinski definition) is 5. The number of fused-ring (bicyclic) bond motifs is 1. The van der Waals surface area contributed by atoms with Gasteiger partial charge in [-0.2, -0.15) is 0 Å². The Labute approximate surface area is 173 Å². The van der Waals surface area contributed by atoms with E-state index in [9.17, 15) is 4.79 Å². The number of carbonyl (C=O) groups excluding carboxylic acids is 1. The highest BCUT2D eigenvalue weighted by Crippen LogP contribution is 2.28. The van der Waals surface area contributed by atoms with Gasteiger partial charge in [0.2, 0.25) is 0 Å². The fourth-order valence-corrected chi connectivity index (χ4v) is 3.96. The quantitative estimate of drug-likeness (QED) is 0.521. The van der Waals surface area contributed by atoms with Crippen LogP contribution in [0.4, 0.5) is 0 Å². The lowest BCUT2D eigenvalue weighted by Gasteiger charge is -2.32. The summed E-state index contributed by atoms with van der Waals surface area (Å²) in [5.74, 6) is 1.34. The van der Waals surface area contributed by atoms with E-state index in [1.165, 1.54) is 0 Å². The predicted molar refractivity (Wildman–Crippen MR) is 111 cm³/mol. The van der Waals surface area contributed by atoms with Crippen molar-refractivity contribution in [2.75, 3.05) is 19.7 Å². The second kappa shape index (κ2) is 7.42. The Morgan fingerprint density at radius 3 is 2.70 bits per heavy atom. The summed E-state index contributed by atoms with van der Waals surface area (Å²) < 4.78 is 13.3. The Morgan fingerprint density at radius 1 is 1.10 bits per heavy atom. The molecular weight excluding hydrogens is 380 g/mol. The number of pyridine rings is 1. The average Bonchev–Trinajstić information content (AvgIpc) is 3.35. The number of hydrogen-bond donors (Lipinski definition) is 0. The maximum atomic E-state index is 13.0. The number of benzene rings is 1. The van der Waals surface area contributed by atoms with Crippen LogP contribution in [0.1, 0.15) is 33.7 Å². The molecule has 7 heteroatoms. The van der Waals surface area contributed by atoms with Crippen LogP contribution in [0.25, 0.3) is 16.6 Å². The maximum Gasteiger partial charge on any atom is 0.257 e. The summed E-state index contributed by atoms with van der Waals surface area (Å²) in [5, 5.41) is 8.67. The molecule has 1 atom stereocenters. The third-order valence-electron chi connectivity index (χ3n) is 5.48. The Morgan fingerprint density at radius 2 is 1.93 bits per heavy atom. The highest BCUT2D eigenvalue weighted by molar-refractivity contribution is 5.95. The van der Waals surface area contributed by atoms with Gasteiger partial charge in [0.05, 0.1) is 24.2 Å². The molecule has 1 amide bonds. The molecule has 1 aromatic carbocycles. The molecule has 30 heavy (non-hydrogen) atoms. The molecule has 7 nitrogen and oxygen atoms in total.